The summed E-state index contributed by atoms with van der Waals surface area (Å²) in [5.41, 5.74) is 1.04. The fraction of sp³-hybridized carbons (Fsp3) is 0.600. The first kappa shape index (κ1) is 20.6. The number of nitrogens with zero attached hydrogens (tertiary/aromatic N) is 1. The van der Waals surface area contributed by atoms with Crippen molar-refractivity contribution in [1.82, 2.24) is 0 Å². The molecule has 0 radical (unpaired) electrons. The Morgan fingerprint density at radius 1 is 1.26 bits per heavy atom. The molecule has 0 aliphatic heterocycles. The van der Waals surface area contributed by atoms with E-state index in [4.69, 9.17) is 0 Å². The van der Waals surface area contributed by atoms with Gasteiger partial charge in [-0.1, -0.05) is 32.6 Å². The third kappa shape index (κ3) is 5.00. The van der Waals surface area contributed by atoms with Crippen molar-refractivity contribution in [3.63, 3.8) is 0 Å². The largest absolute Gasteiger partial charge is 1.00 e. The van der Waals surface area contributed by atoms with E-state index < -0.39 is 19.9 Å². The monoisotopic (exact) mass is 349 g/mol. The minimum atomic E-state index is -4.69. The zero-order valence-corrected chi connectivity index (χ0v) is 16.4. The second-order valence-electron chi connectivity index (χ2n) is 5.81. The van der Waals surface area contributed by atoms with Gasteiger partial charge in [-0.25, -0.2) is 8.42 Å². The maximum Gasteiger partial charge on any atom is 1.00 e. The van der Waals surface area contributed by atoms with Crippen molar-refractivity contribution in [2.45, 2.75) is 62.7 Å². The van der Waals surface area contributed by atoms with Crippen LogP contribution in [0.3, 0.4) is 0 Å². The number of nitro groups is 1. The molecule has 122 valence electrons. The minimum Gasteiger partial charge on any atom is -0.744 e. The van der Waals surface area contributed by atoms with Gasteiger partial charge in [0.25, 0.3) is 5.69 Å². The Kier molecular flexibility index (Phi) is 7.67. The van der Waals surface area contributed by atoms with Crippen molar-refractivity contribution in [2.75, 3.05) is 0 Å². The molecule has 2 rings (SSSR count). The summed E-state index contributed by atoms with van der Waals surface area (Å²) in [4.78, 5) is 10.1. The molecule has 0 saturated carbocycles. The predicted molar refractivity (Wildman–Crippen MR) is 80.9 cm³/mol. The first-order valence-corrected chi connectivity index (χ1v) is 9.02. The Bertz CT molecular complexity index is 675. The van der Waals surface area contributed by atoms with E-state index in [1.165, 1.54) is 6.07 Å². The Hall–Kier alpha value is -0.470. The molecule has 1 aliphatic rings. The fourth-order valence-corrected chi connectivity index (χ4v) is 3.71. The van der Waals surface area contributed by atoms with E-state index in [9.17, 15) is 23.1 Å². The number of rotatable bonds is 7. The molecule has 1 unspecified atom stereocenters. The molecule has 0 spiro atoms. The zero-order valence-electron chi connectivity index (χ0n) is 13.6. The summed E-state index contributed by atoms with van der Waals surface area (Å²) >= 11 is 0. The van der Waals surface area contributed by atoms with E-state index >= 15 is 0 Å². The molecule has 0 fully saturated rings. The van der Waals surface area contributed by atoms with Crippen LogP contribution in [-0.4, -0.2) is 17.9 Å². The number of fused-ring (bicyclic) bond motifs is 1. The Labute approximate surface area is 158 Å². The second kappa shape index (κ2) is 8.58. The molecule has 1 aromatic carbocycles. The average molecular weight is 349 g/mol. The number of benzene rings is 1. The number of hydrogen-bond donors (Lipinski definition) is 0. The number of hydrogen-bond acceptors (Lipinski definition) is 5. The van der Waals surface area contributed by atoms with E-state index in [-0.39, 0.29) is 41.2 Å². The molecule has 1 aliphatic carbocycles. The van der Waals surface area contributed by atoms with E-state index in [0.29, 0.717) is 17.5 Å². The number of unbranched alkanes of at least 4 members (excludes halogenated alkanes) is 3. The Morgan fingerprint density at radius 3 is 2.52 bits per heavy atom. The van der Waals surface area contributed by atoms with Crippen molar-refractivity contribution >= 4 is 15.8 Å². The number of nitro benzene ring substituents is 1. The summed E-state index contributed by atoms with van der Waals surface area (Å²) in [6.07, 6.45) is 6.63. The molecule has 0 N–H and O–H groups in total. The van der Waals surface area contributed by atoms with E-state index in [2.05, 4.69) is 6.92 Å². The van der Waals surface area contributed by atoms with Crippen LogP contribution in [0, 0.1) is 10.1 Å². The second-order valence-corrected chi connectivity index (χ2v) is 7.19. The van der Waals surface area contributed by atoms with Gasteiger partial charge < -0.3 is 4.55 Å². The van der Waals surface area contributed by atoms with Gasteiger partial charge in [0.1, 0.15) is 10.1 Å². The first-order chi connectivity index (χ1) is 10.3. The molecule has 1 aromatic rings. The van der Waals surface area contributed by atoms with Crippen LogP contribution < -0.4 is 29.6 Å². The van der Waals surface area contributed by atoms with Crippen molar-refractivity contribution < 1.29 is 47.5 Å². The summed E-state index contributed by atoms with van der Waals surface area (Å²) in [6.45, 7) is 2.12. The fourth-order valence-electron chi connectivity index (χ4n) is 3.19. The standard InChI is InChI=1S/C15H21NO5S.Na/c1-2-3-4-5-6-11-7-8-13-14(11)9-12(22(19,20)21)10-15(13)16(17)18;/h9-11H,2-8H2,1H3,(H,19,20,21);/q;+1/p-1. The van der Waals surface area contributed by atoms with Crippen molar-refractivity contribution in [1.29, 1.82) is 0 Å². The summed E-state index contributed by atoms with van der Waals surface area (Å²) < 4.78 is 33.7. The SMILES string of the molecule is CCCCCCC1CCc2c1cc(S(=O)(=O)[O-])cc2[N+](=O)[O-].[Na+]. The molecule has 8 heteroatoms. The van der Waals surface area contributed by atoms with Crippen LogP contribution in [-0.2, 0) is 16.5 Å². The van der Waals surface area contributed by atoms with Crippen LogP contribution in [0.4, 0.5) is 5.69 Å². The molecule has 0 saturated heterocycles. The quantitative estimate of drug-likeness (QED) is 0.235. The molecule has 23 heavy (non-hydrogen) atoms. The maximum atomic E-state index is 11.2. The van der Waals surface area contributed by atoms with Gasteiger partial charge in [-0.3, -0.25) is 10.1 Å². The van der Waals surface area contributed by atoms with Gasteiger partial charge in [0.15, 0.2) is 0 Å². The summed E-state index contributed by atoms with van der Waals surface area (Å²) in [7, 11) is -4.69. The van der Waals surface area contributed by atoms with Gasteiger partial charge in [0, 0.05) is 11.6 Å². The smallest absolute Gasteiger partial charge is 0.744 e. The molecule has 1 atom stereocenters. The first-order valence-electron chi connectivity index (χ1n) is 7.61. The third-order valence-corrected chi connectivity index (χ3v) is 5.12. The molecular formula is C15H20NNaO5S. The van der Waals surface area contributed by atoms with Gasteiger partial charge in [0.2, 0.25) is 0 Å². The van der Waals surface area contributed by atoms with Gasteiger partial charge in [-0.2, -0.15) is 0 Å². The van der Waals surface area contributed by atoms with Gasteiger partial charge in [0.05, 0.1) is 9.82 Å². The molecule has 0 amide bonds. The van der Waals surface area contributed by atoms with Gasteiger partial charge in [-0.15, -0.1) is 0 Å². The van der Waals surface area contributed by atoms with Crippen LogP contribution >= 0.6 is 0 Å². The van der Waals surface area contributed by atoms with E-state index in [1.807, 2.05) is 0 Å². The van der Waals surface area contributed by atoms with Crippen molar-refractivity contribution in [3.05, 3.63) is 33.4 Å². The van der Waals surface area contributed by atoms with Crippen LogP contribution in [0.2, 0.25) is 0 Å². The Balaban J connectivity index is 0.00000264. The van der Waals surface area contributed by atoms with E-state index in [0.717, 1.165) is 44.6 Å². The molecule has 0 bridgehead atoms. The van der Waals surface area contributed by atoms with Crippen LogP contribution in [0.25, 0.3) is 0 Å². The summed E-state index contributed by atoms with van der Waals surface area (Å²) in [6, 6.07) is 2.25. The van der Waals surface area contributed by atoms with Gasteiger partial charge in [-0.05, 0) is 36.8 Å². The van der Waals surface area contributed by atoms with Crippen LogP contribution in [0.15, 0.2) is 17.0 Å². The minimum absolute atomic E-state index is 0. The zero-order chi connectivity index (χ0) is 16.3. The third-order valence-electron chi connectivity index (χ3n) is 4.31. The summed E-state index contributed by atoms with van der Waals surface area (Å²) in [5, 5.41) is 11.2. The van der Waals surface area contributed by atoms with Crippen LogP contribution in [0.5, 0.6) is 0 Å². The maximum absolute atomic E-state index is 11.2. The van der Waals surface area contributed by atoms with Crippen LogP contribution in [0.1, 0.15) is 62.5 Å². The average Bonchev–Trinajstić information content (AvgIpc) is 2.84. The predicted octanol–water partition coefficient (Wildman–Crippen LogP) is 0.503. The molecular weight excluding hydrogens is 329 g/mol. The van der Waals surface area contributed by atoms with Crippen molar-refractivity contribution in [2.24, 2.45) is 0 Å². The summed E-state index contributed by atoms with van der Waals surface area (Å²) in [5.74, 6) is 0.118. The Morgan fingerprint density at radius 2 is 1.96 bits per heavy atom. The van der Waals surface area contributed by atoms with E-state index in [1.54, 1.807) is 0 Å². The molecule has 0 aromatic heterocycles. The van der Waals surface area contributed by atoms with Crippen molar-refractivity contribution in [3.8, 4) is 0 Å². The molecule has 6 nitrogen and oxygen atoms in total. The van der Waals surface area contributed by atoms with Gasteiger partial charge >= 0.3 is 29.6 Å². The topological polar surface area (TPSA) is 100 Å². The normalized spacial score (nSPS) is 16.7. The molecule has 0 heterocycles.